The number of anilines is 2. The van der Waals surface area contributed by atoms with E-state index in [1.54, 1.807) is 37.4 Å². The van der Waals surface area contributed by atoms with Gasteiger partial charge in [0.25, 0.3) is 0 Å². The number of hydrogen-bond acceptors (Lipinski definition) is 5. The molecule has 0 saturated heterocycles. The molecule has 2 aromatic heterocycles. The van der Waals surface area contributed by atoms with E-state index >= 15 is 0 Å². The maximum absolute atomic E-state index is 14.8. The standard InChI is InChI=1S/C21H17ClFN3O.C17H14ClF4N3/c1-27-15-9-7-13(8-10-15)12-24-21-17-11-16(14-5-3-2-4-6-14)18(22)19(23)20(17)25-26-21;18-13-11(10-5-2-1-3-6-10)9-12-15(14(13)19)24-25-16(12)23-8-4-7-17(20,21)22/h2-11H,12H2,1H3,(H2,24,25,26);1-3,5-6,9H,4,7-8H2,(H2,23,24,25). The molecule has 0 unspecified atom stereocenters. The van der Waals surface area contributed by atoms with Gasteiger partial charge < -0.3 is 15.4 Å². The molecule has 0 aliphatic heterocycles. The highest BCUT2D eigenvalue weighted by Crippen LogP contribution is 2.38. The van der Waals surface area contributed by atoms with Gasteiger partial charge in [-0.2, -0.15) is 23.4 Å². The summed E-state index contributed by atoms with van der Waals surface area (Å²) in [4.78, 5) is 0. The second kappa shape index (κ2) is 15.9. The molecule has 52 heavy (non-hydrogen) atoms. The van der Waals surface area contributed by atoms with Crippen LogP contribution in [0, 0.1) is 11.6 Å². The summed E-state index contributed by atoms with van der Waals surface area (Å²) in [5, 5.41) is 20.7. The van der Waals surface area contributed by atoms with Crippen molar-refractivity contribution in [2.45, 2.75) is 25.6 Å². The van der Waals surface area contributed by atoms with Crippen LogP contribution in [-0.4, -0.2) is 40.2 Å². The first-order chi connectivity index (χ1) is 25.0. The summed E-state index contributed by atoms with van der Waals surface area (Å²) in [7, 11) is 1.63. The van der Waals surface area contributed by atoms with E-state index in [0.717, 1.165) is 22.4 Å². The lowest BCUT2D eigenvalue weighted by Crippen LogP contribution is -2.11. The Balaban J connectivity index is 0.000000179. The highest BCUT2D eigenvalue weighted by molar-refractivity contribution is 6.35. The largest absolute Gasteiger partial charge is 0.497 e. The summed E-state index contributed by atoms with van der Waals surface area (Å²) in [5.41, 5.74) is 4.18. The van der Waals surface area contributed by atoms with Crippen molar-refractivity contribution >= 4 is 56.6 Å². The first-order valence-corrected chi connectivity index (χ1v) is 16.8. The number of methoxy groups -OCH3 is 1. The quantitative estimate of drug-likeness (QED) is 0.0825. The fourth-order valence-electron chi connectivity index (χ4n) is 5.54. The van der Waals surface area contributed by atoms with Gasteiger partial charge in [-0.3, -0.25) is 10.2 Å². The van der Waals surface area contributed by atoms with Crippen molar-refractivity contribution in [1.82, 2.24) is 20.4 Å². The van der Waals surface area contributed by atoms with E-state index in [9.17, 15) is 22.0 Å². The predicted molar refractivity (Wildman–Crippen MR) is 197 cm³/mol. The van der Waals surface area contributed by atoms with Gasteiger partial charge >= 0.3 is 6.18 Å². The maximum Gasteiger partial charge on any atom is 0.389 e. The van der Waals surface area contributed by atoms with Crippen molar-refractivity contribution < 1.29 is 26.7 Å². The Bertz CT molecular complexity index is 2280. The zero-order valence-electron chi connectivity index (χ0n) is 27.5. The summed E-state index contributed by atoms with van der Waals surface area (Å²) >= 11 is 12.4. The van der Waals surface area contributed by atoms with Crippen LogP contribution in [0.25, 0.3) is 44.1 Å². The minimum absolute atomic E-state index is 0.0361. The van der Waals surface area contributed by atoms with Gasteiger partial charge in [0.15, 0.2) is 23.3 Å². The number of fused-ring (bicyclic) bond motifs is 2. The molecule has 2 heterocycles. The molecule has 5 aromatic carbocycles. The second-order valence-corrected chi connectivity index (χ2v) is 12.4. The average Bonchev–Trinajstić information content (AvgIpc) is 3.77. The van der Waals surface area contributed by atoms with Gasteiger partial charge in [0.1, 0.15) is 16.8 Å². The van der Waals surface area contributed by atoms with Crippen LogP contribution in [0.4, 0.5) is 33.6 Å². The third-order valence-corrected chi connectivity index (χ3v) is 8.94. The van der Waals surface area contributed by atoms with E-state index in [2.05, 4.69) is 31.0 Å². The maximum atomic E-state index is 14.8. The molecular formula is C38H31Cl2F5N6O. The molecule has 7 nitrogen and oxygen atoms in total. The zero-order valence-corrected chi connectivity index (χ0v) is 29.0. The highest BCUT2D eigenvalue weighted by atomic mass is 35.5. The van der Waals surface area contributed by atoms with Crippen molar-refractivity contribution in [3.05, 3.63) is 124 Å². The van der Waals surface area contributed by atoms with Crippen LogP contribution < -0.4 is 15.4 Å². The molecule has 7 aromatic rings. The number of aromatic amines is 2. The lowest BCUT2D eigenvalue weighted by atomic mass is 10.0. The Hall–Kier alpha value is -5.33. The molecule has 0 aliphatic rings. The summed E-state index contributed by atoms with van der Waals surface area (Å²) < 4.78 is 71.0. The van der Waals surface area contributed by atoms with E-state index in [4.69, 9.17) is 27.9 Å². The molecule has 0 saturated carbocycles. The van der Waals surface area contributed by atoms with Crippen molar-refractivity contribution in [2.24, 2.45) is 0 Å². The van der Waals surface area contributed by atoms with E-state index < -0.39 is 24.2 Å². The van der Waals surface area contributed by atoms with Crippen LogP contribution in [0.2, 0.25) is 10.0 Å². The van der Waals surface area contributed by atoms with Gasteiger partial charge in [-0.1, -0.05) is 96.0 Å². The Morgan fingerprint density at radius 2 is 1.17 bits per heavy atom. The first kappa shape index (κ1) is 36.5. The van der Waals surface area contributed by atoms with E-state index in [-0.39, 0.29) is 34.0 Å². The smallest absolute Gasteiger partial charge is 0.389 e. The van der Waals surface area contributed by atoms with Gasteiger partial charge in [-0.25, -0.2) is 8.78 Å². The van der Waals surface area contributed by atoms with Crippen LogP contribution in [0.5, 0.6) is 5.75 Å². The number of aromatic nitrogens is 4. The number of halogens is 7. The third-order valence-electron chi connectivity index (χ3n) is 8.20. The third kappa shape index (κ3) is 8.24. The van der Waals surface area contributed by atoms with Crippen molar-refractivity contribution in [1.29, 1.82) is 0 Å². The van der Waals surface area contributed by atoms with Crippen LogP contribution >= 0.6 is 23.2 Å². The monoisotopic (exact) mass is 752 g/mol. The molecule has 0 aliphatic carbocycles. The molecular weight excluding hydrogens is 722 g/mol. The highest BCUT2D eigenvalue weighted by Gasteiger charge is 2.26. The normalized spacial score (nSPS) is 11.4. The summed E-state index contributed by atoms with van der Waals surface area (Å²) in [6.45, 7) is 0.624. The average molecular weight is 754 g/mol. The molecule has 0 atom stereocenters. The Labute approximate surface area is 305 Å². The topological polar surface area (TPSA) is 90.7 Å². The Morgan fingerprint density at radius 1 is 0.692 bits per heavy atom. The molecule has 4 N–H and O–H groups in total. The minimum atomic E-state index is -4.20. The lowest BCUT2D eigenvalue weighted by Gasteiger charge is -2.09. The van der Waals surface area contributed by atoms with Gasteiger partial charge in [-0.15, -0.1) is 0 Å². The second-order valence-electron chi connectivity index (χ2n) is 11.7. The lowest BCUT2D eigenvalue weighted by molar-refractivity contribution is -0.134. The number of rotatable bonds is 10. The SMILES string of the molecule is COc1ccc(CNc2n[nH]c3c(F)c(Cl)c(-c4ccccc4)cc23)cc1.Fc1c(Cl)c(-c2ccccc2)cc2c(NCCCC(F)(F)F)n[nH]c12. The van der Waals surface area contributed by atoms with Crippen molar-refractivity contribution in [3.8, 4) is 28.0 Å². The number of nitrogens with zero attached hydrogens (tertiary/aromatic N) is 2. The number of ether oxygens (including phenoxy) is 1. The Kier molecular flexibility index (Phi) is 11.2. The predicted octanol–water partition coefficient (Wildman–Crippen LogP) is 11.4. The van der Waals surface area contributed by atoms with E-state index in [0.29, 0.717) is 40.1 Å². The molecule has 14 heteroatoms. The number of nitrogens with one attached hydrogen (secondary N) is 4. The number of hydrogen-bond donors (Lipinski definition) is 4. The molecule has 268 valence electrons. The van der Waals surface area contributed by atoms with Gasteiger partial charge in [0.2, 0.25) is 0 Å². The molecule has 0 fully saturated rings. The van der Waals surface area contributed by atoms with Gasteiger partial charge in [0.05, 0.1) is 17.2 Å². The van der Waals surface area contributed by atoms with Crippen LogP contribution in [0.15, 0.2) is 97.1 Å². The van der Waals surface area contributed by atoms with Crippen molar-refractivity contribution in [2.75, 3.05) is 24.3 Å². The minimum Gasteiger partial charge on any atom is -0.497 e. The number of benzene rings is 5. The van der Waals surface area contributed by atoms with Gasteiger partial charge in [-0.05, 0) is 47.4 Å². The first-order valence-electron chi connectivity index (χ1n) is 16.0. The summed E-state index contributed by atoms with van der Waals surface area (Å²) in [6, 6.07) is 29.8. The fourth-order valence-corrected chi connectivity index (χ4v) is 6.05. The Morgan fingerprint density at radius 3 is 1.63 bits per heavy atom. The fraction of sp³-hybridized carbons (Fsp3) is 0.158. The summed E-state index contributed by atoms with van der Waals surface area (Å²) in [5.74, 6) is 0.526. The molecule has 0 radical (unpaired) electrons. The van der Waals surface area contributed by atoms with Crippen molar-refractivity contribution in [3.63, 3.8) is 0 Å². The van der Waals surface area contributed by atoms with Crippen LogP contribution in [-0.2, 0) is 6.54 Å². The van der Waals surface area contributed by atoms with E-state index in [1.165, 1.54) is 0 Å². The molecule has 0 spiro atoms. The molecule has 0 bridgehead atoms. The summed E-state index contributed by atoms with van der Waals surface area (Å²) in [6.07, 6.45) is -5.19. The van der Waals surface area contributed by atoms with Gasteiger partial charge in [0, 0.05) is 41.4 Å². The molecule has 7 rings (SSSR count). The van der Waals surface area contributed by atoms with E-state index in [1.807, 2.05) is 66.7 Å². The number of alkyl halides is 3. The van der Waals surface area contributed by atoms with Crippen LogP contribution in [0.3, 0.4) is 0 Å². The van der Waals surface area contributed by atoms with Crippen LogP contribution in [0.1, 0.15) is 18.4 Å². The number of H-pyrrole nitrogens is 2. The zero-order chi connectivity index (χ0) is 36.8. The molecule has 0 amide bonds.